The van der Waals surface area contributed by atoms with E-state index >= 15 is 0 Å². The van der Waals surface area contributed by atoms with Gasteiger partial charge in [-0.05, 0) is 32.9 Å². The van der Waals surface area contributed by atoms with Crippen LogP contribution in [-0.2, 0) is 6.18 Å². The Hall–Kier alpha value is -1.77. The van der Waals surface area contributed by atoms with E-state index in [1.807, 2.05) is 27.7 Å². The minimum absolute atomic E-state index is 0.594. The number of rotatable bonds is 0. The zero-order valence-electron chi connectivity index (χ0n) is 15.3. The van der Waals surface area contributed by atoms with E-state index in [0.717, 1.165) is 17.7 Å². The summed E-state index contributed by atoms with van der Waals surface area (Å²) in [5.41, 5.74) is 2.90. The lowest BCUT2D eigenvalue weighted by Crippen LogP contribution is -2.03. The fourth-order valence-electron chi connectivity index (χ4n) is 1.38. The van der Waals surface area contributed by atoms with Gasteiger partial charge in [-0.3, -0.25) is 0 Å². The van der Waals surface area contributed by atoms with Crippen molar-refractivity contribution in [3.8, 4) is 0 Å². The molecule has 0 aromatic heterocycles. The Morgan fingerprint density at radius 1 is 0.522 bits per heavy atom. The predicted molar refractivity (Wildman–Crippen MR) is 94.8 cm³/mol. The smallest absolute Gasteiger partial charge is 0.166 e. The van der Waals surface area contributed by atoms with Gasteiger partial charge in [0.05, 0.1) is 5.56 Å². The van der Waals surface area contributed by atoms with Gasteiger partial charge in [0.2, 0.25) is 0 Å². The summed E-state index contributed by atoms with van der Waals surface area (Å²) in [7, 11) is 0. The number of alkyl halides is 3. The molecule has 0 atom stereocenters. The summed E-state index contributed by atoms with van der Waals surface area (Å²) in [5.74, 6) is 0. The van der Waals surface area contributed by atoms with E-state index in [0.29, 0.717) is 0 Å². The third kappa shape index (κ3) is 11.5. The van der Waals surface area contributed by atoms with Crippen molar-refractivity contribution in [2.45, 2.75) is 54.6 Å². The van der Waals surface area contributed by atoms with Crippen molar-refractivity contribution >= 4 is 0 Å². The molecule has 2 rings (SSSR count). The second-order valence-corrected chi connectivity index (χ2v) is 4.52. The lowest BCUT2D eigenvalue weighted by Gasteiger charge is -2.05. The summed E-state index contributed by atoms with van der Waals surface area (Å²) < 4.78 is 35.8. The molecule has 0 aliphatic heterocycles. The average Bonchev–Trinajstić information content (AvgIpc) is 2.54. The Bertz CT molecular complexity index is 473. The lowest BCUT2D eigenvalue weighted by atomic mass is 10.1. The van der Waals surface area contributed by atoms with Gasteiger partial charge in [0, 0.05) is 0 Å². The largest absolute Gasteiger partial charge is 0.416 e. The van der Waals surface area contributed by atoms with Gasteiger partial charge in [0.15, 0.2) is 0 Å². The molecule has 130 valence electrons. The van der Waals surface area contributed by atoms with Gasteiger partial charge in [0.1, 0.15) is 0 Å². The third-order valence-corrected chi connectivity index (χ3v) is 2.60. The second-order valence-electron chi connectivity index (χ2n) is 4.52. The Balaban J connectivity index is 0. The van der Waals surface area contributed by atoms with E-state index in [4.69, 9.17) is 0 Å². The number of hydrogen-bond acceptors (Lipinski definition) is 0. The maximum atomic E-state index is 11.9. The molecular weight excluding hydrogens is 297 g/mol. The molecule has 0 saturated heterocycles. The Kier molecular flexibility index (Phi) is 13.0. The summed E-state index contributed by atoms with van der Waals surface area (Å²) in [5, 5.41) is 0. The highest BCUT2D eigenvalue weighted by Crippen LogP contribution is 2.28. The van der Waals surface area contributed by atoms with Gasteiger partial charge in [-0.15, -0.1) is 0 Å². The van der Waals surface area contributed by atoms with Crippen LogP contribution in [-0.4, -0.2) is 0 Å². The highest BCUT2D eigenvalue weighted by molar-refractivity contribution is 5.23. The number of halogens is 3. The van der Waals surface area contributed by atoms with Crippen LogP contribution in [0.2, 0.25) is 0 Å². The van der Waals surface area contributed by atoms with Crippen LogP contribution >= 0.6 is 0 Å². The molecule has 0 aliphatic rings. The van der Waals surface area contributed by atoms with Crippen molar-refractivity contribution in [1.29, 1.82) is 0 Å². The van der Waals surface area contributed by atoms with Crippen molar-refractivity contribution in [2.75, 3.05) is 0 Å². The number of aryl methyl sites for hydroxylation is 3. The molecule has 3 heteroatoms. The quantitative estimate of drug-likeness (QED) is 0.474. The van der Waals surface area contributed by atoms with Gasteiger partial charge in [-0.25, -0.2) is 0 Å². The van der Waals surface area contributed by atoms with Gasteiger partial charge in [0.25, 0.3) is 0 Å². The zero-order chi connectivity index (χ0) is 18.5. The highest BCUT2D eigenvalue weighted by atomic mass is 19.4. The summed E-state index contributed by atoms with van der Waals surface area (Å²) in [6.07, 6.45) is -4.21. The van der Waals surface area contributed by atoms with Gasteiger partial charge in [-0.2, -0.15) is 13.2 Å². The van der Waals surface area contributed by atoms with Crippen molar-refractivity contribution in [3.05, 3.63) is 70.8 Å². The summed E-state index contributed by atoms with van der Waals surface area (Å²) in [6.45, 7) is 13.9. The molecule has 0 radical (unpaired) electrons. The first-order valence-corrected chi connectivity index (χ1v) is 7.96. The Labute approximate surface area is 139 Å². The van der Waals surface area contributed by atoms with Crippen LogP contribution in [0, 0.1) is 20.8 Å². The van der Waals surface area contributed by atoms with Crippen molar-refractivity contribution in [3.63, 3.8) is 0 Å². The summed E-state index contributed by atoms with van der Waals surface area (Å²) in [4.78, 5) is 0. The third-order valence-electron chi connectivity index (χ3n) is 2.60. The standard InChI is InChI=1S/C8H7F3.C8H10.2C2H6/c1-6-2-4-7(5-3-6)8(9,10)11;1-7-3-5-8(2)6-4-7;2*1-2/h2-5H,1H3;3-6H,1-2H3;2*1-2H3. The van der Waals surface area contributed by atoms with Crippen LogP contribution in [0.5, 0.6) is 0 Å². The molecule has 0 aliphatic carbocycles. The minimum Gasteiger partial charge on any atom is -0.166 e. The Morgan fingerprint density at radius 3 is 0.957 bits per heavy atom. The molecule has 23 heavy (non-hydrogen) atoms. The molecule has 0 amide bonds. The van der Waals surface area contributed by atoms with E-state index in [1.165, 1.54) is 23.3 Å². The monoisotopic (exact) mass is 326 g/mol. The van der Waals surface area contributed by atoms with Crippen molar-refractivity contribution in [2.24, 2.45) is 0 Å². The first-order chi connectivity index (χ1) is 10.8. The number of hydrogen-bond donors (Lipinski definition) is 0. The molecule has 2 aromatic rings. The molecule has 0 spiro atoms. The molecule has 0 heterocycles. The number of benzene rings is 2. The normalized spacial score (nSPS) is 9.30. The Morgan fingerprint density at radius 2 is 0.739 bits per heavy atom. The highest BCUT2D eigenvalue weighted by Gasteiger charge is 2.29. The van der Waals surface area contributed by atoms with E-state index in [1.54, 1.807) is 6.92 Å². The minimum atomic E-state index is -4.21. The molecule has 0 unspecified atom stereocenters. The van der Waals surface area contributed by atoms with E-state index in [9.17, 15) is 13.2 Å². The van der Waals surface area contributed by atoms with Crippen molar-refractivity contribution in [1.82, 2.24) is 0 Å². The maximum absolute atomic E-state index is 11.9. The summed E-state index contributed by atoms with van der Waals surface area (Å²) >= 11 is 0. The van der Waals surface area contributed by atoms with E-state index < -0.39 is 11.7 Å². The molecule has 0 bridgehead atoms. The fraction of sp³-hybridized carbons (Fsp3) is 0.400. The maximum Gasteiger partial charge on any atom is 0.416 e. The van der Waals surface area contributed by atoms with Crippen LogP contribution in [0.1, 0.15) is 49.9 Å². The van der Waals surface area contributed by atoms with Crippen LogP contribution in [0.25, 0.3) is 0 Å². The summed E-state index contributed by atoms with van der Waals surface area (Å²) in [6, 6.07) is 13.5. The van der Waals surface area contributed by atoms with Crippen LogP contribution < -0.4 is 0 Å². The van der Waals surface area contributed by atoms with Crippen LogP contribution in [0.4, 0.5) is 13.2 Å². The van der Waals surface area contributed by atoms with Crippen LogP contribution in [0.3, 0.4) is 0 Å². The van der Waals surface area contributed by atoms with E-state index in [-0.39, 0.29) is 0 Å². The molecule has 2 aromatic carbocycles. The predicted octanol–water partition coefficient (Wildman–Crippen LogP) is 7.37. The second kappa shape index (κ2) is 12.7. The first-order valence-electron chi connectivity index (χ1n) is 7.96. The van der Waals surface area contributed by atoms with Gasteiger partial charge in [-0.1, -0.05) is 80.8 Å². The molecule has 0 N–H and O–H groups in total. The molecular formula is C20H29F3. The van der Waals surface area contributed by atoms with E-state index in [2.05, 4.69) is 38.1 Å². The topological polar surface area (TPSA) is 0 Å². The van der Waals surface area contributed by atoms with Crippen LogP contribution in [0.15, 0.2) is 48.5 Å². The molecule has 0 fully saturated rings. The van der Waals surface area contributed by atoms with Gasteiger partial charge >= 0.3 is 6.18 Å². The first kappa shape index (κ1) is 23.5. The average molecular weight is 326 g/mol. The SMILES string of the molecule is CC.CC.Cc1ccc(C(F)(F)F)cc1.Cc1ccc(C)cc1. The molecule has 0 nitrogen and oxygen atoms in total. The van der Waals surface area contributed by atoms with Gasteiger partial charge < -0.3 is 0 Å². The lowest BCUT2D eigenvalue weighted by molar-refractivity contribution is -0.137. The molecule has 0 saturated carbocycles. The fourth-order valence-corrected chi connectivity index (χ4v) is 1.38. The van der Waals surface area contributed by atoms with Crippen molar-refractivity contribution < 1.29 is 13.2 Å². The zero-order valence-corrected chi connectivity index (χ0v) is 15.3.